The molecule has 0 heterocycles. The van der Waals surface area contributed by atoms with E-state index in [1.54, 1.807) is 24.3 Å². The standard InChI is InChI=1S/C16H17NO3S/c1-11-4-9-15(12(2)10-11)16(18)13-5-7-14(8-6-13)17-21(3,19)20/h4-10,17H,1-3H3. The molecular weight excluding hydrogens is 286 g/mol. The fraction of sp³-hybridized carbons (Fsp3) is 0.188. The second-order valence-corrected chi connectivity index (χ2v) is 6.85. The van der Waals surface area contributed by atoms with Gasteiger partial charge in [-0.1, -0.05) is 23.8 Å². The van der Waals surface area contributed by atoms with E-state index in [2.05, 4.69) is 4.72 Å². The van der Waals surface area contributed by atoms with Gasteiger partial charge in [-0.25, -0.2) is 8.42 Å². The number of hydrogen-bond donors (Lipinski definition) is 1. The van der Waals surface area contributed by atoms with E-state index in [4.69, 9.17) is 0 Å². The lowest BCUT2D eigenvalue weighted by molar-refractivity contribution is 0.103. The second-order valence-electron chi connectivity index (χ2n) is 5.10. The van der Waals surface area contributed by atoms with Crippen molar-refractivity contribution in [2.45, 2.75) is 13.8 Å². The first-order valence-electron chi connectivity index (χ1n) is 6.46. The monoisotopic (exact) mass is 303 g/mol. The number of hydrogen-bond acceptors (Lipinski definition) is 3. The van der Waals surface area contributed by atoms with E-state index in [9.17, 15) is 13.2 Å². The average Bonchev–Trinajstić information content (AvgIpc) is 2.37. The van der Waals surface area contributed by atoms with Crippen molar-refractivity contribution in [2.75, 3.05) is 11.0 Å². The second kappa shape index (κ2) is 5.69. The molecule has 4 nitrogen and oxygen atoms in total. The molecule has 2 aromatic rings. The highest BCUT2D eigenvalue weighted by molar-refractivity contribution is 7.92. The zero-order chi connectivity index (χ0) is 15.6. The zero-order valence-corrected chi connectivity index (χ0v) is 13.0. The van der Waals surface area contributed by atoms with Gasteiger partial charge in [0.05, 0.1) is 6.26 Å². The van der Waals surface area contributed by atoms with Crippen LogP contribution in [0, 0.1) is 13.8 Å². The molecule has 0 radical (unpaired) electrons. The van der Waals surface area contributed by atoms with Crippen LogP contribution in [0.2, 0.25) is 0 Å². The van der Waals surface area contributed by atoms with Gasteiger partial charge in [0.2, 0.25) is 10.0 Å². The van der Waals surface area contributed by atoms with Crippen LogP contribution >= 0.6 is 0 Å². The Kier molecular flexibility index (Phi) is 4.14. The lowest BCUT2D eigenvalue weighted by Gasteiger charge is -2.08. The van der Waals surface area contributed by atoms with Crippen LogP contribution in [0.4, 0.5) is 5.69 Å². The van der Waals surface area contributed by atoms with Crippen molar-refractivity contribution in [2.24, 2.45) is 0 Å². The summed E-state index contributed by atoms with van der Waals surface area (Å²) >= 11 is 0. The topological polar surface area (TPSA) is 63.2 Å². The number of carbonyl (C=O) groups is 1. The molecule has 0 bridgehead atoms. The van der Waals surface area contributed by atoms with Gasteiger partial charge < -0.3 is 0 Å². The number of benzene rings is 2. The number of carbonyl (C=O) groups excluding carboxylic acids is 1. The smallest absolute Gasteiger partial charge is 0.229 e. The fourth-order valence-electron chi connectivity index (χ4n) is 2.13. The van der Waals surface area contributed by atoms with Crippen molar-refractivity contribution in [3.63, 3.8) is 0 Å². The molecule has 0 amide bonds. The molecule has 0 aliphatic rings. The lowest BCUT2D eigenvalue weighted by atomic mass is 9.97. The Morgan fingerprint density at radius 2 is 1.62 bits per heavy atom. The Hall–Kier alpha value is -2.14. The third kappa shape index (κ3) is 3.92. The lowest BCUT2D eigenvalue weighted by Crippen LogP contribution is -2.10. The summed E-state index contributed by atoms with van der Waals surface area (Å²) < 4.78 is 24.6. The molecule has 0 unspecified atom stereocenters. The number of ketones is 1. The summed E-state index contributed by atoms with van der Waals surface area (Å²) in [4.78, 5) is 12.4. The summed E-state index contributed by atoms with van der Waals surface area (Å²) in [5.74, 6) is -0.0709. The highest BCUT2D eigenvalue weighted by Gasteiger charge is 2.12. The maximum absolute atomic E-state index is 12.4. The minimum absolute atomic E-state index is 0.0709. The molecule has 0 saturated carbocycles. The summed E-state index contributed by atoms with van der Waals surface area (Å²) in [5.41, 5.74) is 3.66. The van der Waals surface area contributed by atoms with E-state index in [1.165, 1.54) is 0 Å². The molecule has 5 heteroatoms. The van der Waals surface area contributed by atoms with Crippen LogP contribution in [0.15, 0.2) is 42.5 Å². The van der Waals surface area contributed by atoms with E-state index in [0.29, 0.717) is 16.8 Å². The van der Waals surface area contributed by atoms with Gasteiger partial charge in [-0.3, -0.25) is 9.52 Å². The van der Waals surface area contributed by atoms with E-state index < -0.39 is 10.0 Å². The summed E-state index contributed by atoms with van der Waals surface area (Å²) in [5, 5.41) is 0. The maximum atomic E-state index is 12.4. The zero-order valence-electron chi connectivity index (χ0n) is 12.2. The van der Waals surface area contributed by atoms with Crippen molar-refractivity contribution >= 4 is 21.5 Å². The van der Waals surface area contributed by atoms with Gasteiger partial charge in [-0.05, 0) is 43.7 Å². The molecule has 0 aliphatic carbocycles. The van der Waals surface area contributed by atoms with E-state index in [-0.39, 0.29) is 5.78 Å². The summed E-state index contributed by atoms with van der Waals surface area (Å²) in [6.45, 7) is 3.88. The van der Waals surface area contributed by atoms with Crippen LogP contribution in [0.5, 0.6) is 0 Å². The third-order valence-electron chi connectivity index (χ3n) is 3.08. The first kappa shape index (κ1) is 15.3. The Morgan fingerprint density at radius 1 is 1.00 bits per heavy atom. The largest absolute Gasteiger partial charge is 0.289 e. The van der Waals surface area contributed by atoms with Gasteiger partial charge in [0.1, 0.15) is 0 Å². The van der Waals surface area contributed by atoms with Crippen molar-refractivity contribution in [1.29, 1.82) is 0 Å². The van der Waals surface area contributed by atoms with Gasteiger partial charge in [0.25, 0.3) is 0 Å². The summed E-state index contributed by atoms with van der Waals surface area (Å²) in [6, 6.07) is 12.1. The van der Waals surface area contributed by atoms with Crippen LogP contribution in [-0.4, -0.2) is 20.5 Å². The molecular formula is C16H17NO3S. The molecule has 2 rings (SSSR count). The number of rotatable bonds is 4. The predicted molar refractivity (Wildman–Crippen MR) is 84.3 cm³/mol. The Morgan fingerprint density at radius 3 is 2.14 bits per heavy atom. The minimum atomic E-state index is -3.31. The quantitative estimate of drug-likeness (QED) is 0.883. The molecule has 21 heavy (non-hydrogen) atoms. The average molecular weight is 303 g/mol. The molecule has 0 saturated heterocycles. The van der Waals surface area contributed by atoms with Gasteiger partial charge in [-0.2, -0.15) is 0 Å². The van der Waals surface area contributed by atoms with Crippen LogP contribution in [0.25, 0.3) is 0 Å². The predicted octanol–water partition coefficient (Wildman–Crippen LogP) is 2.91. The number of sulfonamides is 1. The summed E-state index contributed by atoms with van der Waals surface area (Å²) in [6.07, 6.45) is 1.09. The van der Waals surface area contributed by atoms with Crippen LogP contribution < -0.4 is 4.72 Å². The Labute approximate surface area is 124 Å². The maximum Gasteiger partial charge on any atom is 0.229 e. The van der Waals surface area contributed by atoms with E-state index >= 15 is 0 Å². The van der Waals surface area contributed by atoms with E-state index in [0.717, 1.165) is 17.4 Å². The molecule has 2 aromatic carbocycles. The highest BCUT2D eigenvalue weighted by atomic mass is 32.2. The SMILES string of the molecule is Cc1ccc(C(=O)c2ccc(NS(C)(=O)=O)cc2)c(C)c1. The van der Waals surface area contributed by atoms with Gasteiger partial charge >= 0.3 is 0 Å². The van der Waals surface area contributed by atoms with Gasteiger partial charge in [-0.15, -0.1) is 0 Å². The minimum Gasteiger partial charge on any atom is -0.289 e. The number of aryl methyl sites for hydroxylation is 2. The van der Waals surface area contributed by atoms with Gasteiger partial charge in [0, 0.05) is 16.8 Å². The van der Waals surface area contributed by atoms with Crippen LogP contribution in [-0.2, 0) is 10.0 Å². The van der Waals surface area contributed by atoms with E-state index in [1.807, 2.05) is 32.0 Å². The summed E-state index contributed by atoms with van der Waals surface area (Å²) in [7, 11) is -3.31. The molecule has 110 valence electrons. The van der Waals surface area contributed by atoms with Crippen molar-refractivity contribution < 1.29 is 13.2 Å². The molecule has 1 N–H and O–H groups in total. The molecule has 0 fully saturated rings. The molecule has 0 aliphatic heterocycles. The third-order valence-corrected chi connectivity index (χ3v) is 3.68. The van der Waals surface area contributed by atoms with Crippen molar-refractivity contribution in [3.05, 3.63) is 64.7 Å². The van der Waals surface area contributed by atoms with Crippen molar-refractivity contribution in [3.8, 4) is 0 Å². The van der Waals surface area contributed by atoms with Crippen LogP contribution in [0.1, 0.15) is 27.0 Å². The van der Waals surface area contributed by atoms with Crippen LogP contribution in [0.3, 0.4) is 0 Å². The van der Waals surface area contributed by atoms with Gasteiger partial charge in [0.15, 0.2) is 5.78 Å². The fourth-order valence-corrected chi connectivity index (χ4v) is 2.69. The molecule has 0 aromatic heterocycles. The highest BCUT2D eigenvalue weighted by Crippen LogP contribution is 2.18. The Balaban J connectivity index is 2.28. The first-order valence-corrected chi connectivity index (χ1v) is 8.35. The Bertz CT molecular complexity index is 778. The van der Waals surface area contributed by atoms with Crippen molar-refractivity contribution in [1.82, 2.24) is 0 Å². The molecule has 0 atom stereocenters. The number of anilines is 1. The number of nitrogens with one attached hydrogen (secondary N) is 1. The molecule has 0 spiro atoms. The normalized spacial score (nSPS) is 11.2. The first-order chi connectivity index (χ1) is 9.76.